The summed E-state index contributed by atoms with van der Waals surface area (Å²) in [7, 11) is 5.39. The van der Waals surface area contributed by atoms with Crippen molar-refractivity contribution >= 4 is 13.7 Å². The molecule has 23 heavy (non-hydrogen) atoms. The van der Waals surface area contributed by atoms with Gasteiger partial charge in [-0.15, -0.1) is 13.7 Å². The van der Waals surface area contributed by atoms with Gasteiger partial charge in [0.15, 0.2) is 11.5 Å². The van der Waals surface area contributed by atoms with Crippen LogP contribution >= 0.6 is 8.20 Å². The minimum atomic E-state index is -0.00152. The molecule has 130 valence electrons. The van der Waals surface area contributed by atoms with Crippen molar-refractivity contribution in [1.82, 2.24) is 0 Å². The number of hydrogen-bond acceptors (Lipinski definition) is 4. The van der Waals surface area contributed by atoms with Crippen LogP contribution in [-0.2, 0) is 0 Å². The molecule has 0 amide bonds. The zero-order valence-electron chi connectivity index (χ0n) is 15.2. The first-order valence-electron chi connectivity index (χ1n) is 7.74. The molecule has 0 radical (unpaired) electrons. The van der Waals surface area contributed by atoms with Gasteiger partial charge in [0.2, 0.25) is 0 Å². The van der Waals surface area contributed by atoms with Crippen molar-refractivity contribution < 1.29 is 19.3 Å². The lowest BCUT2D eigenvalue weighted by Gasteiger charge is -2.24. The average molecular weight is 339 g/mol. The zero-order chi connectivity index (χ0) is 17.6. The smallest absolute Gasteiger partial charge is 0.170 e. The van der Waals surface area contributed by atoms with Crippen LogP contribution in [0, 0.1) is 11.3 Å². The van der Waals surface area contributed by atoms with E-state index in [0.29, 0.717) is 28.7 Å². The molecule has 0 heterocycles. The molecule has 0 aliphatic carbocycles. The van der Waals surface area contributed by atoms with E-state index in [-0.39, 0.29) is 10.9 Å². The molecule has 0 spiro atoms. The summed E-state index contributed by atoms with van der Waals surface area (Å²) in [6.45, 7) is 8.84. The van der Waals surface area contributed by atoms with Gasteiger partial charge in [0, 0.05) is 0 Å². The van der Waals surface area contributed by atoms with E-state index in [2.05, 4.69) is 27.7 Å². The molecule has 5 heteroatoms. The molecule has 0 N–H and O–H groups in total. The third kappa shape index (κ3) is 5.71. The first kappa shape index (κ1) is 19.8. The fourth-order valence-electron chi connectivity index (χ4n) is 2.71. The lowest BCUT2D eigenvalue weighted by molar-refractivity contribution is -0.207. The van der Waals surface area contributed by atoms with Crippen molar-refractivity contribution in [3.8, 4) is 17.2 Å². The molecule has 0 aliphatic heterocycles. The predicted molar refractivity (Wildman–Crippen MR) is 95.2 cm³/mol. The fourth-order valence-corrected chi connectivity index (χ4v) is 3.69. The van der Waals surface area contributed by atoms with Crippen LogP contribution < -0.4 is 19.3 Å². The molecule has 0 fully saturated rings. The topological polar surface area (TPSA) is 50.8 Å². The summed E-state index contributed by atoms with van der Waals surface area (Å²) in [4.78, 5) is 0. The van der Waals surface area contributed by atoms with E-state index in [1.54, 1.807) is 26.4 Å². The van der Waals surface area contributed by atoms with Crippen molar-refractivity contribution in [1.29, 1.82) is 0 Å². The molecule has 4 nitrogen and oxygen atoms in total. The lowest BCUT2D eigenvalue weighted by Crippen LogP contribution is -2.20. The number of methoxy groups -OCH3 is 3. The first-order chi connectivity index (χ1) is 10.7. The molecular formula is C18H28O4P-. The van der Waals surface area contributed by atoms with Gasteiger partial charge < -0.3 is 19.3 Å². The van der Waals surface area contributed by atoms with Gasteiger partial charge >= 0.3 is 0 Å². The normalized spacial score (nSPS) is 13.7. The highest BCUT2D eigenvalue weighted by Crippen LogP contribution is 2.38. The Bertz CT molecular complexity index is 547. The molecule has 0 saturated heterocycles. The van der Waals surface area contributed by atoms with Crippen molar-refractivity contribution in [3.63, 3.8) is 0 Å². The SMILES string of the molecule is COc1ccc(OC)c(C([O-])=PCC(C)CC(C)(C)C)c1OC. The van der Waals surface area contributed by atoms with Crippen molar-refractivity contribution in [2.75, 3.05) is 27.5 Å². The number of hydrogen-bond donors (Lipinski definition) is 0. The molecule has 1 unspecified atom stereocenters. The predicted octanol–water partition coefficient (Wildman–Crippen LogP) is 3.57. The monoisotopic (exact) mass is 339 g/mol. The Kier molecular flexibility index (Phi) is 7.37. The Balaban J connectivity index is 3.10. The Labute approximate surface area is 141 Å². The number of ether oxygens (including phenoxy) is 3. The van der Waals surface area contributed by atoms with Crippen LogP contribution in [-0.4, -0.2) is 33.0 Å². The minimum Gasteiger partial charge on any atom is -0.823 e. The van der Waals surface area contributed by atoms with Gasteiger partial charge in [0.25, 0.3) is 0 Å². The summed E-state index contributed by atoms with van der Waals surface area (Å²) in [5, 5.41) is 12.7. The summed E-state index contributed by atoms with van der Waals surface area (Å²) in [5.74, 6) is 1.97. The summed E-state index contributed by atoms with van der Waals surface area (Å²) >= 11 is 0. The highest BCUT2D eigenvalue weighted by molar-refractivity contribution is 7.40. The Morgan fingerprint density at radius 3 is 2.13 bits per heavy atom. The van der Waals surface area contributed by atoms with Gasteiger partial charge in [-0.1, -0.05) is 27.7 Å². The Morgan fingerprint density at radius 2 is 1.65 bits per heavy atom. The third-order valence-electron chi connectivity index (χ3n) is 3.45. The maximum Gasteiger partial charge on any atom is 0.170 e. The molecular weight excluding hydrogens is 311 g/mol. The van der Waals surface area contributed by atoms with E-state index in [4.69, 9.17) is 14.2 Å². The van der Waals surface area contributed by atoms with Gasteiger partial charge in [-0.25, -0.2) is 0 Å². The van der Waals surface area contributed by atoms with E-state index < -0.39 is 0 Å². The molecule has 0 saturated carbocycles. The van der Waals surface area contributed by atoms with Crippen LogP contribution in [0.3, 0.4) is 0 Å². The Hall–Kier alpha value is -1.25. The standard InChI is InChI=1S/C18H29O4P/c1-12(10-18(2,3)4)11-23-17(19)15-13(20-5)8-9-14(21-6)16(15)22-7/h8-9,12,19H,10-11H2,1-7H3/p-1. The highest BCUT2D eigenvalue weighted by atomic mass is 31.1. The van der Waals surface area contributed by atoms with E-state index >= 15 is 0 Å². The molecule has 1 aromatic rings. The summed E-state index contributed by atoms with van der Waals surface area (Å²) in [6, 6.07) is 3.48. The van der Waals surface area contributed by atoms with Crippen molar-refractivity contribution in [2.24, 2.45) is 11.3 Å². The second kappa shape index (κ2) is 8.56. The van der Waals surface area contributed by atoms with Gasteiger partial charge in [-0.2, -0.15) is 0 Å². The van der Waals surface area contributed by atoms with Gasteiger partial charge in [0.1, 0.15) is 5.75 Å². The van der Waals surface area contributed by atoms with Gasteiger partial charge in [-0.05, 0) is 36.0 Å². The van der Waals surface area contributed by atoms with Crippen LogP contribution in [0.4, 0.5) is 0 Å². The quantitative estimate of drug-likeness (QED) is 0.713. The van der Waals surface area contributed by atoms with E-state index in [1.807, 2.05) is 0 Å². The number of benzene rings is 1. The number of rotatable bonds is 7. The second-order valence-electron chi connectivity index (χ2n) is 6.89. The molecule has 1 atom stereocenters. The van der Waals surface area contributed by atoms with Crippen molar-refractivity contribution in [2.45, 2.75) is 34.1 Å². The second-order valence-corrected chi connectivity index (χ2v) is 7.98. The fraction of sp³-hybridized carbons (Fsp3) is 0.611. The van der Waals surface area contributed by atoms with Crippen LogP contribution in [0.15, 0.2) is 12.1 Å². The van der Waals surface area contributed by atoms with Crippen molar-refractivity contribution in [3.05, 3.63) is 17.7 Å². The van der Waals surface area contributed by atoms with E-state index in [9.17, 15) is 5.11 Å². The molecule has 0 bridgehead atoms. The summed E-state index contributed by atoms with van der Waals surface area (Å²) in [5.41, 5.74) is 0.723. The van der Waals surface area contributed by atoms with Crippen LogP contribution in [0.1, 0.15) is 39.7 Å². The first-order valence-corrected chi connectivity index (χ1v) is 8.82. The van der Waals surface area contributed by atoms with E-state index in [1.165, 1.54) is 7.11 Å². The van der Waals surface area contributed by atoms with E-state index in [0.717, 1.165) is 20.8 Å². The summed E-state index contributed by atoms with van der Waals surface area (Å²) < 4.78 is 16.0. The molecule has 1 aromatic carbocycles. The maximum atomic E-state index is 12.7. The average Bonchev–Trinajstić information content (AvgIpc) is 2.49. The highest BCUT2D eigenvalue weighted by Gasteiger charge is 2.17. The molecule has 1 rings (SSSR count). The molecule has 0 aromatic heterocycles. The largest absolute Gasteiger partial charge is 0.823 e. The van der Waals surface area contributed by atoms with Gasteiger partial charge in [0.05, 0.1) is 26.9 Å². The van der Waals surface area contributed by atoms with Gasteiger partial charge in [-0.3, -0.25) is 0 Å². The minimum absolute atomic E-state index is 0.00152. The summed E-state index contributed by atoms with van der Waals surface area (Å²) in [6.07, 6.45) is 1.90. The van der Waals surface area contributed by atoms with Crippen LogP contribution in [0.2, 0.25) is 0 Å². The lowest BCUT2D eigenvalue weighted by atomic mass is 9.86. The van der Waals surface area contributed by atoms with Crippen LogP contribution in [0.5, 0.6) is 17.2 Å². The maximum absolute atomic E-state index is 12.7. The molecule has 0 aliphatic rings. The third-order valence-corrected chi connectivity index (χ3v) is 4.77. The van der Waals surface area contributed by atoms with Crippen LogP contribution in [0.25, 0.3) is 0 Å². The Morgan fingerprint density at radius 1 is 1.09 bits per heavy atom. The zero-order valence-corrected chi connectivity index (χ0v) is 16.1.